The van der Waals surface area contributed by atoms with E-state index in [1.54, 1.807) is 0 Å². The third kappa shape index (κ3) is 3.02. The average Bonchev–Trinajstić information content (AvgIpc) is 2.98. The zero-order valence-corrected chi connectivity index (χ0v) is 11.7. The van der Waals surface area contributed by atoms with Gasteiger partial charge < -0.3 is 4.74 Å². The lowest BCUT2D eigenvalue weighted by Crippen LogP contribution is -2.32. The Labute approximate surface area is 122 Å². The molecule has 112 valence electrons. The summed E-state index contributed by atoms with van der Waals surface area (Å²) in [6.07, 6.45) is 3.08. The predicted octanol–water partition coefficient (Wildman–Crippen LogP) is 1.64. The largest absolute Gasteiger partial charge is 0.533 e. The summed E-state index contributed by atoms with van der Waals surface area (Å²) in [4.78, 5) is 38.8. The molecule has 21 heavy (non-hydrogen) atoms. The summed E-state index contributed by atoms with van der Waals surface area (Å²) in [5.74, 6) is 6.75. The fraction of sp³-hybridized carbons (Fsp3) is 0.667. The van der Waals surface area contributed by atoms with Crippen LogP contribution >= 0.6 is 0 Å². The molecule has 1 heterocycles. The molecule has 0 bridgehead atoms. The van der Waals surface area contributed by atoms with E-state index in [0.29, 0.717) is 22.8 Å². The molecule has 6 nitrogen and oxygen atoms in total. The molecule has 0 N–H and O–H groups in total. The number of fused-ring (bicyclic) bond motifs is 1. The summed E-state index contributed by atoms with van der Waals surface area (Å²) in [6, 6.07) is 0. The van der Waals surface area contributed by atoms with E-state index < -0.39 is 18.0 Å². The lowest BCUT2D eigenvalue weighted by molar-refractivity contribution is -0.177. The number of hydrogen-bond donors (Lipinski definition) is 0. The van der Waals surface area contributed by atoms with Crippen LogP contribution < -0.4 is 0 Å². The maximum atomic E-state index is 11.5. The Morgan fingerprint density at radius 1 is 1.10 bits per heavy atom. The van der Waals surface area contributed by atoms with Gasteiger partial charge in [0.05, 0.1) is 6.61 Å². The fourth-order valence-electron chi connectivity index (χ4n) is 3.21. The number of hydrogen-bond acceptors (Lipinski definition) is 5. The molecule has 1 aliphatic heterocycles. The second-order valence-corrected chi connectivity index (χ2v) is 5.66. The third-order valence-corrected chi connectivity index (χ3v) is 4.40. The molecule has 1 saturated heterocycles. The van der Waals surface area contributed by atoms with Crippen LogP contribution in [0.15, 0.2) is 0 Å². The maximum Gasteiger partial charge on any atom is 0.533 e. The molecule has 0 unspecified atom stereocenters. The molecule has 3 rings (SSSR count). The topological polar surface area (TPSA) is 72.9 Å². The first-order valence-corrected chi connectivity index (χ1v) is 7.33. The normalized spacial score (nSPS) is 30.7. The van der Waals surface area contributed by atoms with Gasteiger partial charge in [0.1, 0.15) is 0 Å². The van der Waals surface area contributed by atoms with Gasteiger partial charge in [-0.3, -0.25) is 14.4 Å². The molecule has 0 radical (unpaired) electrons. The van der Waals surface area contributed by atoms with Crippen molar-refractivity contribution in [3.63, 3.8) is 0 Å². The first kappa shape index (κ1) is 13.9. The van der Waals surface area contributed by atoms with Gasteiger partial charge in [-0.2, -0.15) is 0 Å². The van der Waals surface area contributed by atoms with Crippen molar-refractivity contribution in [1.82, 2.24) is 5.06 Å². The second kappa shape index (κ2) is 5.76. The van der Waals surface area contributed by atoms with Crippen LogP contribution in [0, 0.1) is 29.6 Å². The van der Waals surface area contributed by atoms with E-state index in [1.165, 1.54) is 0 Å². The summed E-state index contributed by atoms with van der Waals surface area (Å²) in [6.45, 7) is 0.282. The molecule has 2 fully saturated rings. The molecule has 0 spiro atoms. The lowest BCUT2D eigenvalue weighted by Gasteiger charge is -2.12. The van der Waals surface area contributed by atoms with Crippen molar-refractivity contribution in [3.8, 4) is 11.8 Å². The molecule has 0 aromatic carbocycles. The zero-order valence-electron chi connectivity index (χ0n) is 11.7. The first-order chi connectivity index (χ1) is 10.2. The van der Waals surface area contributed by atoms with Crippen LogP contribution in [0.3, 0.4) is 0 Å². The number of rotatable bonds is 3. The van der Waals surface area contributed by atoms with Crippen molar-refractivity contribution in [2.45, 2.75) is 38.5 Å². The van der Waals surface area contributed by atoms with E-state index in [9.17, 15) is 14.4 Å². The van der Waals surface area contributed by atoms with Crippen molar-refractivity contribution in [2.75, 3.05) is 6.61 Å². The first-order valence-electron chi connectivity index (χ1n) is 7.33. The van der Waals surface area contributed by atoms with Crippen LogP contribution in [0.2, 0.25) is 0 Å². The Hall–Kier alpha value is -2.03. The van der Waals surface area contributed by atoms with Gasteiger partial charge in [-0.05, 0) is 30.6 Å². The molecule has 3 atom stereocenters. The number of imide groups is 1. The number of ether oxygens (including phenoxy) is 1. The number of carbonyl (C=O) groups is 3. The molecule has 0 aromatic heterocycles. The van der Waals surface area contributed by atoms with E-state index >= 15 is 0 Å². The van der Waals surface area contributed by atoms with Gasteiger partial charge in [0.25, 0.3) is 11.8 Å². The Bertz CT molecular complexity index is 498. The van der Waals surface area contributed by atoms with E-state index in [2.05, 4.69) is 16.7 Å². The summed E-state index contributed by atoms with van der Waals surface area (Å²) in [7, 11) is 0. The Balaban J connectivity index is 1.43. The fourth-order valence-corrected chi connectivity index (χ4v) is 3.21. The lowest BCUT2D eigenvalue weighted by atomic mass is 10.1. The van der Waals surface area contributed by atoms with Gasteiger partial charge in [-0.15, -0.1) is 11.8 Å². The van der Waals surface area contributed by atoms with Crippen LogP contribution in [-0.4, -0.2) is 29.6 Å². The van der Waals surface area contributed by atoms with E-state index in [-0.39, 0.29) is 19.4 Å². The smallest absolute Gasteiger partial charge is 0.432 e. The predicted molar refractivity (Wildman–Crippen MR) is 70.2 cm³/mol. The molecule has 2 aliphatic carbocycles. The van der Waals surface area contributed by atoms with Crippen LogP contribution in [0.1, 0.15) is 38.5 Å². The Kier molecular flexibility index (Phi) is 3.82. The standard InChI is InChI=1S/C15H17NO5/c17-13-7-8-14(18)16(13)21-15(19)20-9-12-10-5-3-1-2-4-6-11(10)12/h10-12H,3-9H2/t10-,11+,12-. The molecular formula is C15H17NO5. The SMILES string of the molecule is O=C(OC[C@@H]1[C@@H]2CCC#CCC[C@@H]21)ON1C(=O)CCC1=O. The van der Waals surface area contributed by atoms with Gasteiger partial charge in [-0.25, -0.2) is 4.79 Å². The van der Waals surface area contributed by atoms with Crippen LogP contribution in [-0.2, 0) is 19.2 Å². The summed E-state index contributed by atoms with van der Waals surface area (Å²) in [5.41, 5.74) is 0. The van der Waals surface area contributed by atoms with Crippen molar-refractivity contribution in [2.24, 2.45) is 17.8 Å². The van der Waals surface area contributed by atoms with Gasteiger partial charge >= 0.3 is 6.16 Å². The van der Waals surface area contributed by atoms with Crippen molar-refractivity contribution < 1.29 is 24.0 Å². The van der Waals surface area contributed by atoms with Crippen LogP contribution in [0.25, 0.3) is 0 Å². The average molecular weight is 291 g/mol. The summed E-state index contributed by atoms with van der Waals surface area (Å²) in [5, 5.41) is 0.506. The highest BCUT2D eigenvalue weighted by molar-refractivity contribution is 6.01. The highest BCUT2D eigenvalue weighted by Crippen LogP contribution is 2.52. The molecule has 6 heteroatoms. The van der Waals surface area contributed by atoms with Gasteiger partial charge in [0.15, 0.2) is 0 Å². The number of nitrogens with zero attached hydrogens (tertiary/aromatic N) is 1. The Morgan fingerprint density at radius 2 is 1.67 bits per heavy atom. The van der Waals surface area contributed by atoms with Gasteiger partial charge in [-0.1, -0.05) is 5.06 Å². The quantitative estimate of drug-likeness (QED) is 0.449. The number of carbonyl (C=O) groups excluding carboxylic acids is 3. The molecule has 2 amide bonds. The van der Waals surface area contributed by atoms with Crippen LogP contribution in [0.5, 0.6) is 0 Å². The third-order valence-electron chi connectivity index (χ3n) is 4.40. The minimum Gasteiger partial charge on any atom is -0.432 e. The van der Waals surface area contributed by atoms with E-state index in [4.69, 9.17) is 4.74 Å². The molecular weight excluding hydrogens is 274 g/mol. The van der Waals surface area contributed by atoms with E-state index in [0.717, 1.165) is 25.7 Å². The highest BCUT2D eigenvalue weighted by atomic mass is 16.8. The number of hydroxylamine groups is 2. The zero-order chi connectivity index (χ0) is 14.8. The second-order valence-electron chi connectivity index (χ2n) is 5.66. The number of amides is 2. The minimum absolute atomic E-state index is 0.0822. The maximum absolute atomic E-state index is 11.5. The van der Waals surface area contributed by atoms with Crippen molar-refractivity contribution in [3.05, 3.63) is 0 Å². The molecule has 3 aliphatic rings. The highest BCUT2D eigenvalue weighted by Gasteiger charge is 2.49. The minimum atomic E-state index is -0.978. The molecule has 1 saturated carbocycles. The monoisotopic (exact) mass is 291 g/mol. The van der Waals surface area contributed by atoms with Gasteiger partial charge in [0, 0.05) is 25.7 Å². The summed E-state index contributed by atoms with van der Waals surface area (Å²) >= 11 is 0. The van der Waals surface area contributed by atoms with Gasteiger partial charge in [0.2, 0.25) is 0 Å². The molecule has 0 aromatic rings. The Morgan fingerprint density at radius 3 is 2.24 bits per heavy atom. The van der Waals surface area contributed by atoms with Crippen molar-refractivity contribution >= 4 is 18.0 Å². The van der Waals surface area contributed by atoms with E-state index in [1.807, 2.05) is 0 Å². The summed E-state index contributed by atoms with van der Waals surface area (Å²) < 4.78 is 5.05. The van der Waals surface area contributed by atoms with Crippen LogP contribution in [0.4, 0.5) is 4.79 Å². The van der Waals surface area contributed by atoms with Crippen molar-refractivity contribution in [1.29, 1.82) is 0 Å².